The smallest absolute Gasteiger partial charge is 0.267 e. The second-order valence-electron chi connectivity index (χ2n) is 3.68. The lowest BCUT2D eigenvalue weighted by Crippen LogP contribution is -2.17. The molecule has 100 valence electrons. The Morgan fingerprint density at radius 1 is 1.37 bits per heavy atom. The monoisotopic (exact) mass is 293 g/mol. The average Bonchev–Trinajstić information content (AvgIpc) is 2.82. The third kappa shape index (κ3) is 3.54. The molecule has 0 saturated heterocycles. The molecule has 0 aliphatic heterocycles. The van der Waals surface area contributed by atoms with Crippen molar-refractivity contribution in [3.63, 3.8) is 0 Å². The second-order valence-corrected chi connectivity index (χ2v) is 6.15. The molecule has 19 heavy (non-hydrogen) atoms. The Morgan fingerprint density at radius 3 is 2.74 bits per heavy atom. The SMILES string of the molecule is CCSc1nn(CC)c(=NC(=O)c2ccccc2)s1. The van der Waals surface area contributed by atoms with Crippen molar-refractivity contribution in [1.82, 2.24) is 9.78 Å². The highest BCUT2D eigenvalue weighted by Gasteiger charge is 2.07. The summed E-state index contributed by atoms with van der Waals surface area (Å²) in [5.74, 6) is 0.739. The summed E-state index contributed by atoms with van der Waals surface area (Å²) >= 11 is 3.12. The minimum absolute atomic E-state index is 0.223. The fraction of sp³-hybridized carbons (Fsp3) is 0.308. The lowest BCUT2D eigenvalue weighted by atomic mass is 10.2. The Balaban J connectivity index is 2.35. The standard InChI is InChI=1S/C13H15N3OS2/c1-3-16-12(19-13(15-16)18-4-2)14-11(17)10-8-6-5-7-9-10/h5-9H,3-4H2,1-2H3. The van der Waals surface area contributed by atoms with Gasteiger partial charge in [0.05, 0.1) is 0 Å². The van der Waals surface area contributed by atoms with Gasteiger partial charge in [-0.15, -0.1) is 0 Å². The first-order valence-corrected chi connectivity index (χ1v) is 7.89. The van der Waals surface area contributed by atoms with E-state index in [2.05, 4.69) is 17.0 Å². The van der Waals surface area contributed by atoms with Crippen LogP contribution in [0.4, 0.5) is 0 Å². The molecule has 0 bridgehead atoms. The first-order chi connectivity index (χ1) is 9.24. The van der Waals surface area contributed by atoms with Crippen molar-refractivity contribution in [2.45, 2.75) is 24.7 Å². The molecule has 1 amide bonds. The third-order valence-corrected chi connectivity index (χ3v) is 4.35. The molecule has 2 aromatic rings. The zero-order chi connectivity index (χ0) is 13.7. The lowest BCUT2D eigenvalue weighted by molar-refractivity contribution is 0.0997. The van der Waals surface area contributed by atoms with E-state index in [0.717, 1.165) is 10.1 Å². The minimum Gasteiger partial charge on any atom is -0.267 e. The predicted molar refractivity (Wildman–Crippen MR) is 78.5 cm³/mol. The molecule has 6 heteroatoms. The number of hydrogen-bond acceptors (Lipinski definition) is 4. The number of aromatic nitrogens is 2. The molecule has 0 saturated carbocycles. The fourth-order valence-electron chi connectivity index (χ4n) is 1.49. The van der Waals surface area contributed by atoms with E-state index in [4.69, 9.17) is 0 Å². The van der Waals surface area contributed by atoms with Crippen molar-refractivity contribution in [3.8, 4) is 0 Å². The van der Waals surface area contributed by atoms with Crippen molar-refractivity contribution in [1.29, 1.82) is 0 Å². The molecule has 0 aliphatic carbocycles. The van der Waals surface area contributed by atoms with Crippen LogP contribution in [0.2, 0.25) is 0 Å². The van der Waals surface area contributed by atoms with Crippen LogP contribution in [-0.2, 0) is 6.54 Å². The van der Waals surface area contributed by atoms with Gasteiger partial charge in [0.2, 0.25) is 4.80 Å². The lowest BCUT2D eigenvalue weighted by Gasteiger charge is -1.95. The quantitative estimate of drug-likeness (QED) is 0.814. The third-order valence-electron chi connectivity index (χ3n) is 2.39. The summed E-state index contributed by atoms with van der Waals surface area (Å²) in [6.07, 6.45) is 0. The Morgan fingerprint density at radius 2 is 2.11 bits per heavy atom. The van der Waals surface area contributed by atoms with Crippen LogP contribution in [0, 0.1) is 0 Å². The maximum atomic E-state index is 12.0. The maximum Gasteiger partial charge on any atom is 0.279 e. The summed E-state index contributed by atoms with van der Waals surface area (Å²) in [6, 6.07) is 9.09. The van der Waals surface area contributed by atoms with Gasteiger partial charge in [0.1, 0.15) is 0 Å². The van der Waals surface area contributed by atoms with Gasteiger partial charge in [-0.3, -0.25) is 4.79 Å². The Hall–Kier alpha value is -1.40. The molecule has 4 nitrogen and oxygen atoms in total. The van der Waals surface area contributed by atoms with Crippen LogP contribution in [0.25, 0.3) is 0 Å². The first kappa shape index (κ1) is 14.0. The van der Waals surface area contributed by atoms with E-state index in [1.807, 2.05) is 25.1 Å². The molecular formula is C13H15N3OS2. The number of aryl methyl sites for hydroxylation is 1. The molecule has 1 aromatic carbocycles. The summed E-state index contributed by atoms with van der Waals surface area (Å²) < 4.78 is 2.72. The minimum atomic E-state index is -0.223. The summed E-state index contributed by atoms with van der Waals surface area (Å²) in [7, 11) is 0. The number of carbonyl (C=O) groups excluding carboxylic acids is 1. The molecular weight excluding hydrogens is 278 g/mol. The topological polar surface area (TPSA) is 47.2 Å². The summed E-state index contributed by atoms with van der Waals surface area (Å²) in [6.45, 7) is 4.78. The largest absolute Gasteiger partial charge is 0.279 e. The molecule has 1 heterocycles. The van der Waals surface area contributed by atoms with Gasteiger partial charge in [-0.25, -0.2) is 4.68 Å². The van der Waals surface area contributed by atoms with Crippen molar-refractivity contribution in [2.24, 2.45) is 4.99 Å². The van der Waals surface area contributed by atoms with Gasteiger partial charge in [0.25, 0.3) is 5.91 Å². The number of carbonyl (C=O) groups is 1. The van der Waals surface area contributed by atoms with E-state index in [-0.39, 0.29) is 5.91 Å². The van der Waals surface area contributed by atoms with Crippen molar-refractivity contribution < 1.29 is 4.79 Å². The molecule has 1 aromatic heterocycles. The van der Waals surface area contributed by atoms with E-state index in [1.54, 1.807) is 28.6 Å². The zero-order valence-corrected chi connectivity index (χ0v) is 12.5. The van der Waals surface area contributed by atoms with Gasteiger partial charge in [0, 0.05) is 12.1 Å². The Kier molecular flexibility index (Phi) is 4.93. The highest BCUT2D eigenvalue weighted by Crippen LogP contribution is 2.16. The van der Waals surface area contributed by atoms with Crippen molar-refractivity contribution in [3.05, 3.63) is 40.7 Å². The number of amides is 1. The highest BCUT2D eigenvalue weighted by atomic mass is 32.2. The van der Waals surface area contributed by atoms with Crippen LogP contribution in [0.3, 0.4) is 0 Å². The average molecular weight is 293 g/mol. The van der Waals surface area contributed by atoms with Crippen LogP contribution in [0.5, 0.6) is 0 Å². The van der Waals surface area contributed by atoms with Gasteiger partial charge in [-0.2, -0.15) is 10.1 Å². The summed E-state index contributed by atoms with van der Waals surface area (Å²) in [5.41, 5.74) is 0.600. The predicted octanol–water partition coefficient (Wildman–Crippen LogP) is 2.82. The molecule has 0 N–H and O–H groups in total. The van der Waals surface area contributed by atoms with Crippen LogP contribution in [-0.4, -0.2) is 21.4 Å². The second kappa shape index (κ2) is 6.68. The van der Waals surface area contributed by atoms with Gasteiger partial charge in [-0.1, -0.05) is 48.2 Å². The first-order valence-electron chi connectivity index (χ1n) is 6.09. The summed E-state index contributed by atoms with van der Waals surface area (Å²) in [5, 5.41) is 4.42. The molecule has 0 spiro atoms. The number of rotatable bonds is 4. The van der Waals surface area contributed by atoms with Crippen molar-refractivity contribution >= 4 is 29.0 Å². The molecule has 0 atom stereocenters. The highest BCUT2D eigenvalue weighted by molar-refractivity contribution is 8.00. The van der Waals surface area contributed by atoms with E-state index >= 15 is 0 Å². The van der Waals surface area contributed by atoms with E-state index in [1.165, 1.54) is 11.3 Å². The Labute approximate surface area is 120 Å². The van der Waals surface area contributed by atoms with E-state index < -0.39 is 0 Å². The molecule has 2 rings (SSSR count). The van der Waals surface area contributed by atoms with Gasteiger partial charge in [-0.05, 0) is 24.8 Å². The number of thioether (sulfide) groups is 1. The van der Waals surface area contributed by atoms with Crippen LogP contribution >= 0.6 is 23.1 Å². The molecule has 0 radical (unpaired) electrons. The van der Waals surface area contributed by atoms with Crippen molar-refractivity contribution in [2.75, 3.05) is 5.75 Å². The van der Waals surface area contributed by atoms with Crippen LogP contribution in [0.15, 0.2) is 39.7 Å². The summed E-state index contributed by atoms with van der Waals surface area (Å²) in [4.78, 5) is 16.9. The van der Waals surface area contributed by atoms with Gasteiger partial charge >= 0.3 is 0 Å². The van der Waals surface area contributed by atoms with Crippen LogP contribution in [0.1, 0.15) is 24.2 Å². The normalized spacial score (nSPS) is 11.8. The maximum absolute atomic E-state index is 12.0. The fourth-order valence-corrected chi connectivity index (χ4v) is 3.41. The zero-order valence-electron chi connectivity index (χ0n) is 10.9. The van der Waals surface area contributed by atoms with E-state index in [0.29, 0.717) is 16.9 Å². The molecule has 0 aliphatic rings. The number of nitrogens with zero attached hydrogens (tertiary/aromatic N) is 3. The number of benzene rings is 1. The number of hydrogen-bond donors (Lipinski definition) is 0. The Bertz CT molecular complexity index is 616. The van der Waals surface area contributed by atoms with Gasteiger partial charge in [0.15, 0.2) is 4.34 Å². The molecule has 0 unspecified atom stereocenters. The van der Waals surface area contributed by atoms with Crippen LogP contribution < -0.4 is 4.80 Å². The van der Waals surface area contributed by atoms with E-state index in [9.17, 15) is 4.79 Å². The molecule has 0 fully saturated rings. The van der Waals surface area contributed by atoms with Gasteiger partial charge < -0.3 is 0 Å².